The molecule has 146 valence electrons. The van der Waals surface area contributed by atoms with Crippen molar-refractivity contribution in [3.63, 3.8) is 0 Å². The van der Waals surface area contributed by atoms with Gasteiger partial charge in [-0.05, 0) is 65.6 Å². The average Bonchev–Trinajstić information content (AvgIpc) is 2.94. The summed E-state index contributed by atoms with van der Waals surface area (Å²) in [7, 11) is 1.64. The molecule has 1 aromatic rings. The summed E-state index contributed by atoms with van der Waals surface area (Å²) in [5, 5.41) is 0. The third kappa shape index (κ3) is 4.79. The number of hydrogen-bond acceptors (Lipinski definition) is 5. The molecule has 27 heavy (non-hydrogen) atoms. The first-order valence-corrected chi connectivity index (χ1v) is 11.6. The lowest BCUT2D eigenvalue weighted by Crippen LogP contribution is -2.39. The molecule has 1 aromatic carbocycles. The predicted octanol–water partition coefficient (Wildman–Crippen LogP) is 5.62. The lowest BCUT2D eigenvalue weighted by atomic mass is 9.94. The van der Waals surface area contributed by atoms with E-state index in [0.717, 1.165) is 34.1 Å². The van der Waals surface area contributed by atoms with Crippen LogP contribution in [0.25, 0.3) is 6.08 Å². The van der Waals surface area contributed by atoms with Crippen LogP contribution in [-0.4, -0.2) is 34.9 Å². The van der Waals surface area contributed by atoms with Gasteiger partial charge in [0, 0.05) is 6.04 Å². The molecule has 4 nitrogen and oxygen atoms in total. The highest BCUT2D eigenvalue weighted by Crippen LogP contribution is 2.39. The second-order valence-electron chi connectivity index (χ2n) is 6.73. The Morgan fingerprint density at radius 3 is 2.74 bits per heavy atom. The van der Waals surface area contributed by atoms with Crippen molar-refractivity contribution in [3.8, 4) is 11.5 Å². The Morgan fingerprint density at radius 2 is 2.07 bits per heavy atom. The zero-order chi connectivity index (χ0) is 19.4. The molecule has 0 unspecified atom stereocenters. The van der Waals surface area contributed by atoms with Crippen molar-refractivity contribution in [2.45, 2.75) is 51.5 Å². The zero-order valence-corrected chi connectivity index (χ0v) is 19.4. The van der Waals surface area contributed by atoms with Crippen molar-refractivity contribution in [3.05, 3.63) is 26.2 Å². The molecular formula is C20H24INO3S2. The first kappa shape index (κ1) is 20.9. The average molecular weight is 517 g/mol. The van der Waals surface area contributed by atoms with Crippen LogP contribution in [-0.2, 0) is 4.79 Å². The molecule has 2 fully saturated rings. The number of carbonyl (C=O) groups is 1. The van der Waals surface area contributed by atoms with Gasteiger partial charge in [0.25, 0.3) is 5.91 Å². The van der Waals surface area contributed by atoms with Gasteiger partial charge in [-0.15, -0.1) is 0 Å². The number of nitrogens with zero attached hydrogens (tertiary/aromatic N) is 1. The minimum atomic E-state index is 0.0391. The number of thioether (sulfide) groups is 1. The third-order valence-electron chi connectivity index (χ3n) is 4.76. The van der Waals surface area contributed by atoms with Gasteiger partial charge in [-0.3, -0.25) is 9.69 Å². The van der Waals surface area contributed by atoms with Gasteiger partial charge in [0.15, 0.2) is 11.5 Å². The van der Waals surface area contributed by atoms with Crippen molar-refractivity contribution in [1.82, 2.24) is 4.90 Å². The van der Waals surface area contributed by atoms with E-state index in [9.17, 15) is 4.79 Å². The van der Waals surface area contributed by atoms with E-state index in [-0.39, 0.29) is 11.9 Å². The molecule has 1 aliphatic heterocycles. The normalized spacial score (nSPS) is 19.8. The van der Waals surface area contributed by atoms with Crippen LogP contribution in [0.15, 0.2) is 17.0 Å². The Balaban J connectivity index is 1.84. The summed E-state index contributed by atoms with van der Waals surface area (Å²) in [4.78, 5) is 15.5. The maximum Gasteiger partial charge on any atom is 0.266 e. The number of hydrogen-bond donors (Lipinski definition) is 0. The largest absolute Gasteiger partial charge is 0.493 e. The number of amides is 1. The van der Waals surface area contributed by atoms with Crippen LogP contribution in [0, 0.1) is 3.57 Å². The summed E-state index contributed by atoms with van der Waals surface area (Å²) in [6, 6.07) is 4.19. The molecule has 0 spiro atoms. The first-order chi connectivity index (χ1) is 13.0. The summed E-state index contributed by atoms with van der Waals surface area (Å²) in [5.74, 6) is 1.48. The number of thiocarbonyl (C=S) groups is 1. The number of halogens is 1. The second kappa shape index (κ2) is 9.60. The minimum Gasteiger partial charge on any atom is -0.493 e. The van der Waals surface area contributed by atoms with Crippen LogP contribution < -0.4 is 9.47 Å². The Labute approximate surface area is 184 Å². The van der Waals surface area contributed by atoms with E-state index in [4.69, 9.17) is 21.7 Å². The molecule has 0 aromatic heterocycles. The number of benzene rings is 1. The highest BCUT2D eigenvalue weighted by Gasteiger charge is 2.37. The molecule has 3 rings (SSSR count). The molecule has 0 radical (unpaired) electrons. The first-order valence-electron chi connectivity index (χ1n) is 9.32. The van der Waals surface area contributed by atoms with Crippen molar-refractivity contribution in [2.24, 2.45) is 0 Å². The number of rotatable bonds is 6. The van der Waals surface area contributed by atoms with Crippen LogP contribution in [0.4, 0.5) is 0 Å². The standard InChI is InChI=1S/C20H24INO3S2/c1-3-9-25-18-15(21)10-13(11-16(18)24-2)12-17-19(23)22(20(26)27-17)14-7-5-4-6-8-14/h10-12,14H,3-9H2,1-2H3/b17-12+. The van der Waals surface area contributed by atoms with Crippen LogP contribution in [0.5, 0.6) is 11.5 Å². The maximum atomic E-state index is 13.0. The van der Waals surface area contributed by atoms with Gasteiger partial charge >= 0.3 is 0 Å². The SMILES string of the molecule is CCCOc1c(I)cc(/C=C2/SC(=S)N(C3CCCCC3)C2=O)cc1OC. The molecule has 2 aliphatic rings. The smallest absolute Gasteiger partial charge is 0.266 e. The maximum absolute atomic E-state index is 13.0. The van der Waals surface area contributed by atoms with Gasteiger partial charge in [0.1, 0.15) is 4.32 Å². The van der Waals surface area contributed by atoms with E-state index in [1.165, 1.54) is 31.0 Å². The lowest BCUT2D eigenvalue weighted by molar-refractivity contribution is -0.124. The molecule has 0 N–H and O–H groups in total. The summed E-state index contributed by atoms with van der Waals surface area (Å²) < 4.78 is 13.0. The van der Waals surface area contributed by atoms with Gasteiger partial charge in [-0.1, -0.05) is 50.2 Å². The molecule has 1 heterocycles. The molecule has 1 amide bonds. The predicted molar refractivity (Wildman–Crippen MR) is 123 cm³/mol. The van der Waals surface area contributed by atoms with Crippen LogP contribution in [0.3, 0.4) is 0 Å². The molecule has 0 bridgehead atoms. The number of ether oxygens (including phenoxy) is 2. The highest BCUT2D eigenvalue weighted by molar-refractivity contribution is 14.1. The van der Waals surface area contributed by atoms with E-state index in [1.54, 1.807) is 7.11 Å². The zero-order valence-electron chi connectivity index (χ0n) is 15.6. The van der Waals surface area contributed by atoms with Gasteiger partial charge in [-0.25, -0.2) is 0 Å². The molecule has 0 atom stereocenters. The van der Waals surface area contributed by atoms with Crippen LogP contribution in [0.2, 0.25) is 0 Å². The van der Waals surface area contributed by atoms with E-state index >= 15 is 0 Å². The lowest BCUT2D eigenvalue weighted by Gasteiger charge is -2.29. The van der Waals surface area contributed by atoms with Gasteiger partial charge < -0.3 is 9.47 Å². The quantitative estimate of drug-likeness (QED) is 0.278. The Kier molecular flexibility index (Phi) is 7.44. The number of carbonyl (C=O) groups excluding carboxylic acids is 1. The molecule has 7 heteroatoms. The monoisotopic (exact) mass is 517 g/mol. The van der Waals surface area contributed by atoms with Crippen molar-refractivity contribution >= 4 is 62.9 Å². The van der Waals surface area contributed by atoms with Crippen molar-refractivity contribution < 1.29 is 14.3 Å². The van der Waals surface area contributed by atoms with E-state index in [0.29, 0.717) is 21.6 Å². The van der Waals surface area contributed by atoms with E-state index in [2.05, 4.69) is 29.5 Å². The topological polar surface area (TPSA) is 38.8 Å². The summed E-state index contributed by atoms with van der Waals surface area (Å²) in [5.41, 5.74) is 0.921. The third-order valence-corrected chi connectivity index (χ3v) is 6.90. The fraction of sp³-hybridized carbons (Fsp3) is 0.500. The van der Waals surface area contributed by atoms with Gasteiger partial charge in [0.2, 0.25) is 0 Å². The van der Waals surface area contributed by atoms with Crippen LogP contribution in [0.1, 0.15) is 51.0 Å². The summed E-state index contributed by atoms with van der Waals surface area (Å²) in [6.45, 7) is 2.72. The van der Waals surface area contributed by atoms with E-state index in [1.807, 2.05) is 23.1 Å². The van der Waals surface area contributed by atoms with Crippen molar-refractivity contribution in [1.29, 1.82) is 0 Å². The summed E-state index contributed by atoms with van der Waals surface area (Å²) >= 11 is 9.17. The van der Waals surface area contributed by atoms with Gasteiger partial charge in [0.05, 0.1) is 22.2 Å². The van der Waals surface area contributed by atoms with Crippen molar-refractivity contribution in [2.75, 3.05) is 13.7 Å². The Hall–Kier alpha value is -0.800. The minimum absolute atomic E-state index is 0.0391. The Bertz CT molecular complexity index is 760. The molecule has 1 saturated heterocycles. The molecule has 1 saturated carbocycles. The molecule has 1 aliphatic carbocycles. The fourth-order valence-corrected chi connectivity index (χ4v) is 5.63. The fourth-order valence-electron chi connectivity index (χ4n) is 3.45. The Morgan fingerprint density at radius 1 is 1.33 bits per heavy atom. The van der Waals surface area contributed by atoms with E-state index < -0.39 is 0 Å². The van der Waals surface area contributed by atoms with Gasteiger partial charge in [-0.2, -0.15) is 0 Å². The second-order valence-corrected chi connectivity index (χ2v) is 9.56. The molecular weight excluding hydrogens is 493 g/mol. The number of methoxy groups -OCH3 is 1. The summed E-state index contributed by atoms with van der Waals surface area (Å²) in [6.07, 6.45) is 8.56. The van der Waals surface area contributed by atoms with Crippen LogP contribution >= 0.6 is 46.6 Å². The highest BCUT2D eigenvalue weighted by atomic mass is 127.